The molecule has 0 aliphatic rings. The average Bonchev–Trinajstić information content (AvgIpc) is 2.55. The summed E-state index contributed by atoms with van der Waals surface area (Å²) >= 11 is 0. The summed E-state index contributed by atoms with van der Waals surface area (Å²) < 4.78 is 1.76. The lowest BCUT2D eigenvalue weighted by atomic mass is 9.93. The van der Waals surface area contributed by atoms with Crippen molar-refractivity contribution in [2.75, 3.05) is 0 Å². The van der Waals surface area contributed by atoms with E-state index in [0.29, 0.717) is 13.0 Å². The van der Waals surface area contributed by atoms with Crippen LogP contribution in [0.15, 0.2) is 18.5 Å². The van der Waals surface area contributed by atoms with Crippen molar-refractivity contribution in [1.82, 2.24) is 9.78 Å². The molecule has 4 heteroatoms. The molecule has 1 heterocycles. The highest BCUT2D eigenvalue weighted by Gasteiger charge is 2.20. The van der Waals surface area contributed by atoms with E-state index in [1.54, 1.807) is 10.9 Å². The van der Waals surface area contributed by atoms with Gasteiger partial charge in [0.15, 0.2) is 0 Å². The fraction of sp³-hybridized carbons (Fsp3) is 0.600. The van der Waals surface area contributed by atoms with E-state index in [0.717, 1.165) is 0 Å². The Morgan fingerprint density at radius 1 is 1.57 bits per heavy atom. The number of aromatic nitrogens is 2. The molecule has 1 aromatic heterocycles. The summed E-state index contributed by atoms with van der Waals surface area (Å²) in [5.41, 5.74) is 0. The molecule has 78 valence electrons. The molecule has 1 atom stereocenters. The molecular formula is C10H16N2O2. The summed E-state index contributed by atoms with van der Waals surface area (Å²) in [6.45, 7) is 4.53. The number of nitrogens with zero attached hydrogens (tertiary/aromatic N) is 2. The molecule has 0 aromatic carbocycles. The predicted octanol–water partition coefficient (Wildman–Crippen LogP) is 1.63. The Bertz CT molecular complexity index is 280. The molecule has 0 amide bonds. The van der Waals surface area contributed by atoms with Crippen LogP contribution in [0.2, 0.25) is 0 Å². The van der Waals surface area contributed by atoms with Gasteiger partial charge in [-0.2, -0.15) is 5.10 Å². The van der Waals surface area contributed by atoms with Crippen LogP contribution in [0.1, 0.15) is 20.3 Å². The van der Waals surface area contributed by atoms with E-state index in [1.165, 1.54) is 0 Å². The first-order valence-corrected chi connectivity index (χ1v) is 4.81. The number of carbonyl (C=O) groups is 1. The number of aliphatic carboxylic acids is 1. The lowest BCUT2D eigenvalue weighted by Gasteiger charge is -2.15. The number of carboxylic acid groups (broad SMARTS) is 1. The van der Waals surface area contributed by atoms with Gasteiger partial charge in [-0.25, -0.2) is 0 Å². The van der Waals surface area contributed by atoms with Gasteiger partial charge in [0.25, 0.3) is 0 Å². The molecule has 1 N–H and O–H groups in total. The van der Waals surface area contributed by atoms with E-state index in [4.69, 9.17) is 5.11 Å². The largest absolute Gasteiger partial charge is 0.481 e. The first-order valence-electron chi connectivity index (χ1n) is 4.81. The van der Waals surface area contributed by atoms with Gasteiger partial charge in [0.05, 0.1) is 5.92 Å². The molecule has 0 aliphatic carbocycles. The van der Waals surface area contributed by atoms with Crippen molar-refractivity contribution in [3.63, 3.8) is 0 Å². The SMILES string of the molecule is CC(C)C(CCn1cccn1)C(=O)O. The number of hydrogen-bond acceptors (Lipinski definition) is 2. The molecule has 0 spiro atoms. The molecule has 14 heavy (non-hydrogen) atoms. The van der Waals surface area contributed by atoms with Crippen LogP contribution in [0.4, 0.5) is 0 Å². The number of aryl methyl sites for hydroxylation is 1. The van der Waals surface area contributed by atoms with Gasteiger partial charge in [-0.3, -0.25) is 9.48 Å². The van der Waals surface area contributed by atoms with Crippen molar-refractivity contribution in [2.24, 2.45) is 11.8 Å². The third kappa shape index (κ3) is 2.87. The fourth-order valence-corrected chi connectivity index (χ4v) is 1.45. The van der Waals surface area contributed by atoms with Crippen molar-refractivity contribution in [2.45, 2.75) is 26.8 Å². The molecule has 0 bridgehead atoms. The molecule has 4 nitrogen and oxygen atoms in total. The van der Waals surface area contributed by atoms with Crippen molar-refractivity contribution in [3.8, 4) is 0 Å². The van der Waals surface area contributed by atoms with E-state index >= 15 is 0 Å². The average molecular weight is 196 g/mol. The van der Waals surface area contributed by atoms with Crippen LogP contribution in [0, 0.1) is 11.8 Å². The highest BCUT2D eigenvalue weighted by atomic mass is 16.4. The van der Waals surface area contributed by atoms with Gasteiger partial charge in [0.2, 0.25) is 0 Å². The van der Waals surface area contributed by atoms with Crippen molar-refractivity contribution in [1.29, 1.82) is 0 Å². The van der Waals surface area contributed by atoms with Crippen LogP contribution >= 0.6 is 0 Å². The van der Waals surface area contributed by atoms with Crippen LogP contribution in [-0.4, -0.2) is 20.9 Å². The van der Waals surface area contributed by atoms with Crippen molar-refractivity contribution >= 4 is 5.97 Å². The Hall–Kier alpha value is -1.32. The molecule has 0 saturated carbocycles. The highest BCUT2D eigenvalue weighted by Crippen LogP contribution is 2.16. The second-order valence-electron chi connectivity index (χ2n) is 3.75. The summed E-state index contributed by atoms with van der Waals surface area (Å²) in [7, 11) is 0. The van der Waals surface area contributed by atoms with Gasteiger partial charge < -0.3 is 5.11 Å². The van der Waals surface area contributed by atoms with Gasteiger partial charge in [0.1, 0.15) is 0 Å². The third-order valence-electron chi connectivity index (χ3n) is 2.35. The second kappa shape index (κ2) is 4.79. The van der Waals surface area contributed by atoms with Gasteiger partial charge in [0, 0.05) is 18.9 Å². The van der Waals surface area contributed by atoms with E-state index < -0.39 is 5.97 Å². The van der Waals surface area contributed by atoms with E-state index in [2.05, 4.69) is 5.10 Å². The number of rotatable bonds is 5. The summed E-state index contributed by atoms with van der Waals surface area (Å²) in [6.07, 6.45) is 4.18. The Balaban J connectivity index is 2.45. The van der Waals surface area contributed by atoms with Crippen LogP contribution in [0.25, 0.3) is 0 Å². The minimum Gasteiger partial charge on any atom is -0.481 e. The topological polar surface area (TPSA) is 55.1 Å². The molecule has 0 saturated heterocycles. The minimum absolute atomic E-state index is 0.170. The standard InChI is InChI=1S/C10H16N2O2/c1-8(2)9(10(13)14)4-7-12-6-3-5-11-12/h3,5-6,8-9H,4,7H2,1-2H3,(H,13,14). The second-order valence-corrected chi connectivity index (χ2v) is 3.75. The van der Waals surface area contributed by atoms with Crippen molar-refractivity contribution < 1.29 is 9.90 Å². The Morgan fingerprint density at radius 3 is 2.71 bits per heavy atom. The Labute approximate surface area is 83.5 Å². The summed E-state index contributed by atoms with van der Waals surface area (Å²) in [5.74, 6) is -0.825. The quantitative estimate of drug-likeness (QED) is 0.778. The predicted molar refractivity (Wildman–Crippen MR) is 52.8 cm³/mol. The van der Waals surface area contributed by atoms with Crippen LogP contribution in [0.3, 0.4) is 0 Å². The first-order chi connectivity index (χ1) is 6.61. The molecule has 1 rings (SSSR count). The summed E-state index contributed by atoms with van der Waals surface area (Å²) in [5, 5.41) is 13.0. The molecule has 1 aromatic rings. The normalized spacial score (nSPS) is 13.1. The molecule has 1 unspecified atom stereocenters. The first kappa shape index (κ1) is 10.8. The minimum atomic E-state index is -0.716. The van der Waals surface area contributed by atoms with Gasteiger partial charge in [-0.15, -0.1) is 0 Å². The zero-order chi connectivity index (χ0) is 10.6. The van der Waals surface area contributed by atoms with Crippen LogP contribution < -0.4 is 0 Å². The zero-order valence-corrected chi connectivity index (χ0v) is 8.55. The summed E-state index contributed by atoms with van der Waals surface area (Å²) in [6, 6.07) is 1.84. The van der Waals surface area contributed by atoms with Gasteiger partial charge in [-0.05, 0) is 18.4 Å². The zero-order valence-electron chi connectivity index (χ0n) is 8.55. The molecular weight excluding hydrogens is 180 g/mol. The molecule has 0 fully saturated rings. The third-order valence-corrected chi connectivity index (χ3v) is 2.35. The van der Waals surface area contributed by atoms with Gasteiger partial charge >= 0.3 is 5.97 Å². The van der Waals surface area contributed by atoms with Gasteiger partial charge in [-0.1, -0.05) is 13.8 Å². The Kier molecular flexibility index (Phi) is 3.68. The monoisotopic (exact) mass is 196 g/mol. The smallest absolute Gasteiger partial charge is 0.306 e. The molecule has 0 radical (unpaired) electrons. The Morgan fingerprint density at radius 2 is 2.29 bits per heavy atom. The van der Waals surface area contributed by atoms with E-state index in [-0.39, 0.29) is 11.8 Å². The van der Waals surface area contributed by atoms with Crippen LogP contribution in [0.5, 0.6) is 0 Å². The lowest BCUT2D eigenvalue weighted by molar-refractivity contribution is -0.143. The van der Waals surface area contributed by atoms with Crippen LogP contribution in [-0.2, 0) is 11.3 Å². The maximum absolute atomic E-state index is 10.9. The summed E-state index contributed by atoms with van der Waals surface area (Å²) in [4.78, 5) is 10.9. The fourth-order valence-electron chi connectivity index (χ4n) is 1.45. The molecule has 0 aliphatic heterocycles. The number of hydrogen-bond donors (Lipinski definition) is 1. The maximum Gasteiger partial charge on any atom is 0.306 e. The highest BCUT2D eigenvalue weighted by molar-refractivity contribution is 5.70. The van der Waals surface area contributed by atoms with E-state index in [9.17, 15) is 4.79 Å². The maximum atomic E-state index is 10.9. The van der Waals surface area contributed by atoms with Crippen molar-refractivity contribution in [3.05, 3.63) is 18.5 Å². The number of carboxylic acids is 1. The lowest BCUT2D eigenvalue weighted by Crippen LogP contribution is -2.21. The van der Waals surface area contributed by atoms with E-state index in [1.807, 2.05) is 26.1 Å².